The van der Waals surface area contributed by atoms with Crippen LogP contribution in [0.15, 0.2) is 53.1 Å². The Bertz CT molecular complexity index is 956. The number of hydrogen-bond donors (Lipinski definition) is 1. The molecule has 3 unspecified atom stereocenters. The lowest BCUT2D eigenvalue weighted by atomic mass is 9.60. The fourth-order valence-corrected chi connectivity index (χ4v) is 5.16. The lowest BCUT2D eigenvalue weighted by Gasteiger charge is -2.52. The van der Waals surface area contributed by atoms with E-state index in [-0.39, 0.29) is 18.7 Å². The monoisotopic (exact) mass is 425 g/mol. The van der Waals surface area contributed by atoms with Gasteiger partial charge in [-0.1, -0.05) is 43.2 Å². The second-order valence-electron chi connectivity index (χ2n) is 8.40. The second-order valence-corrected chi connectivity index (χ2v) is 8.40. The molecule has 4 rings (SSSR count). The molecule has 2 fully saturated rings. The van der Waals surface area contributed by atoms with Crippen LogP contribution in [0.3, 0.4) is 0 Å². The van der Waals surface area contributed by atoms with Crippen LogP contribution in [0.5, 0.6) is 0 Å². The first-order chi connectivity index (χ1) is 14.9. The minimum absolute atomic E-state index is 0.123. The maximum Gasteiger partial charge on any atom is 0.359 e. The predicted octanol–water partition coefficient (Wildman–Crippen LogP) is 3.18. The van der Waals surface area contributed by atoms with Crippen molar-refractivity contribution in [2.24, 2.45) is 5.41 Å². The van der Waals surface area contributed by atoms with Gasteiger partial charge in [0.25, 0.3) is 0 Å². The van der Waals surface area contributed by atoms with Crippen molar-refractivity contribution in [2.45, 2.75) is 56.7 Å². The maximum absolute atomic E-state index is 14.1. The number of piperidine rings is 1. The van der Waals surface area contributed by atoms with Crippen LogP contribution in [0.1, 0.15) is 55.8 Å². The predicted molar refractivity (Wildman–Crippen MR) is 111 cm³/mol. The number of carbonyl (C=O) groups excluding carboxylic acids is 3. The smallest absolute Gasteiger partial charge is 0.359 e. The van der Waals surface area contributed by atoms with Crippen molar-refractivity contribution in [1.82, 2.24) is 4.90 Å². The Kier molecular flexibility index (Phi) is 5.71. The van der Waals surface area contributed by atoms with Crippen LogP contribution < -0.4 is 0 Å². The average molecular weight is 425 g/mol. The molecule has 0 radical (unpaired) electrons. The van der Waals surface area contributed by atoms with E-state index in [1.54, 1.807) is 12.1 Å². The van der Waals surface area contributed by atoms with Crippen molar-refractivity contribution in [2.75, 3.05) is 7.11 Å². The molecule has 1 aliphatic heterocycles. The van der Waals surface area contributed by atoms with Gasteiger partial charge in [0.2, 0.25) is 11.6 Å². The topological polar surface area (TPSA) is 97.0 Å². The molecule has 1 amide bonds. The molecular formula is C24H27NO6. The Morgan fingerprint density at radius 1 is 1.16 bits per heavy atom. The Hall–Kier alpha value is -2.93. The number of hydrogen-bond acceptors (Lipinski definition) is 6. The standard InChI is InChI=1S/C24H27NO6/c1-30-22(28)24(29)15-19(17-9-4-2-5-10-17)23(13-7-3-6-12-20(23)26)21(27)25(24)16-18-11-8-14-31-18/h2,4-5,8-11,14,19,29H,3,6-7,12-13,15-16H2,1H3. The number of ether oxygens (including phenoxy) is 1. The van der Waals surface area contributed by atoms with E-state index in [0.29, 0.717) is 18.6 Å². The van der Waals surface area contributed by atoms with Gasteiger partial charge in [-0.15, -0.1) is 0 Å². The van der Waals surface area contributed by atoms with Crippen LogP contribution in [-0.2, 0) is 25.7 Å². The molecule has 2 heterocycles. The highest BCUT2D eigenvalue weighted by Crippen LogP contribution is 2.54. The van der Waals surface area contributed by atoms with Crippen molar-refractivity contribution in [3.8, 4) is 0 Å². The number of rotatable bonds is 4. The van der Waals surface area contributed by atoms with Gasteiger partial charge < -0.3 is 14.3 Å². The lowest BCUT2D eigenvalue weighted by Crippen LogP contribution is -2.68. The second kappa shape index (κ2) is 8.30. The van der Waals surface area contributed by atoms with E-state index in [2.05, 4.69) is 0 Å². The normalized spacial score (nSPS) is 29.1. The van der Waals surface area contributed by atoms with Gasteiger partial charge >= 0.3 is 5.97 Å². The van der Waals surface area contributed by atoms with Crippen LogP contribution in [0, 0.1) is 5.41 Å². The molecule has 1 spiro atoms. The van der Waals surface area contributed by atoms with Gasteiger partial charge in [-0.25, -0.2) is 4.79 Å². The Morgan fingerprint density at radius 2 is 1.94 bits per heavy atom. The average Bonchev–Trinajstić information content (AvgIpc) is 3.23. The molecule has 7 heteroatoms. The number of esters is 1. The van der Waals surface area contributed by atoms with E-state index in [1.807, 2.05) is 30.3 Å². The van der Waals surface area contributed by atoms with Crippen molar-refractivity contribution >= 4 is 17.7 Å². The highest BCUT2D eigenvalue weighted by Gasteiger charge is 2.64. The van der Waals surface area contributed by atoms with E-state index < -0.39 is 28.9 Å². The first-order valence-corrected chi connectivity index (χ1v) is 10.7. The van der Waals surface area contributed by atoms with E-state index in [4.69, 9.17) is 9.15 Å². The zero-order valence-corrected chi connectivity index (χ0v) is 17.6. The molecule has 2 aliphatic rings. The van der Waals surface area contributed by atoms with Gasteiger partial charge in [-0.3, -0.25) is 14.5 Å². The van der Waals surface area contributed by atoms with Crippen LogP contribution in [0.4, 0.5) is 0 Å². The summed E-state index contributed by atoms with van der Waals surface area (Å²) in [7, 11) is 1.18. The molecule has 2 aromatic rings. The molecule has 1 saturated carbocycles. The van der Waals surface area contributed by atoms with Gasteiger partial charge in [0.15, 0.2) is 0 Å². The molecule has 3 atom stereocenters. The summed E-state index contributed by atoms with van der Waals surface area (Å²) in [5.41, 5.74) is -2.78. The molecule has 31 heavy (non-hydrogen) atoms. The van der Waals surface area contributed by atoms with E-state index >= 15 is 0 Å². The van der Waals surface area contributed by atoms with E-state index in [9.17, 15) is 19.5 Å². The van der Waals surface area contributed by atoms with Gasteiger partial charge in [-0.05, 0) is 30.5 Å². The van der Waals surface area contributed by atoms with Crippen molar-refractivity contribution < 1.29 is 28.6 Å². The number of nitrogens with zero attached hydrogens (tertiary/aromatic N) is 1. The quantitative estimate of drug-likeness (QED) is 0.597. The Morgan fingerprint density at radius 3 is 2.61 bits per heavy atom. The number of likely N-dealkylation sites (tertiary alicyclic amines) is 1. The zero-order valence-electron chi connectivity index (χ0n) is 17.6. The summed E-state index contributed by atoms with van der Waals surface area (Å²) in [6.07, 6.45) is 4.35. The summed E-state index contributed by atoms with van der Waals surface area (Å²) in [6.45, 7) is -0.131. The molecular weight excluding hydrogens is 398 g/mol. The third-order valence-electron chi connectivity index (χ3n) is 6.74. The first kappa shape index (κ1) is 21.3. The number of aliphatic hydroxyl groups is 1. The van der Waals surface area contributed by atoms with Gasteiger partial charge in [-0.2, -0.15) is 0 Å². The minimum Gasteiger partial charge on any atom is -0.467 e. The number of Topliss-reactive ketones (excluding diaryl/α,β-unsaturated/α-hetero) is 1. The Balaban J connectivity index is 1.88. The minimum atomic E-state index is -2.21. The van der Waals surface area contributed by atoms with Gasteiger partial charge in [0, 0.05) is 18.8 Å². The number of carbonyl (C=O) groups is 3. The number of amides is 1. The molecule has 1 aliphatic carbocycles. The number of furan rings is 1. The first-order valence-electron chi connectivity index (χ1n) is 10.7. The third-order valence-corrected chi connectivity index (χ3v) is 6.74. The number of benzene rings is 1. The summed E-state index contributed by atoms with van der Waals surface area (Å²) in [4.78, 5) is 41.5. The zero-order chi connectivity index (χ0) is 22.1. The summed E-state index contributed by atoms with van der Waals surface area (Å²) in [5, 5.41) is 11.5. The molecule has 7 nitrogen and oxygen atoms in total. The number of methoxy groups -OCH3 is 1. The maximum atomic E-state index is 14.1. The SMILES string of the molecule is COC(=O)C1(O)CC(c2ccccc2)C2(CCCCCC2=O)C(=O)N1Cc1ccco1. The molecule has 164 valence electrons. The fourth-order valence-electron chi connectivity index (χ4n) is 5.16. The summed E-state index contributed by atoms with van der Waals surface area (Å²) < 4.78 is 10.3. The fraction of sp³-hybridized carbons (Fsp3) is 0.458. The largest absolute Gasteiger partial charge is 0.467 e. The van der Waals surface area contributed by atoms with Gasteiger partial charge in [0.1, 0.15) is 17.0 Å². The van der Waals surface area contributed by atoms with E-state index in [1.165, 1.54) is 13.4 Å². The summed E-state index contributed by atoms with van der Waals surface area (Å²) in [5.74, 6) is -1.82. The van der Waals surface area contributed by atoms with Crippen LogP contribution in [0.25, 0.3) is 0 Å². The third kappa shape index (κ3) is 3.47. The lowest BCUT2D eigenvalue weighted by molar-refractivity contribution is -0.213. The Labute approximate surface area is 181 Å². The molecule has 1 aromatic heterocycles. The number of ketones is 1. The molecule has 0 bridgehead atoms. The van der Waals surface area contributed by atoms with Crippen molar-refractivity contribution in [3.63, 3.8) is 0 Å². The molecule has 1 saturated heterocycles. The van der Waals surface area contributed by atoms with E-state index in [0.717, 1.165) is 29.7 Å². The van der Waals surface area contributed by atoms with Crippen molar-refractivity contribution in [3.05, 3.63) is 60.1 Å². The summed E-state index contributed by atoms with van der Waals surface area (Å²) >= 11 is 0. The van der Waals surface area contributed by atoms with Crippen LogP contribution in [-0.4, -0.2) is 40.5 Å². The van der Waals surface area contributed by atoms with Crippen LogP contribution >= 0.6 is 0 Å². The highest BCUT2D eigenvalue weighted by atomic mass is 16.5. The summed E-state index contributed by atoms with van der Waals surface area (Å²) in [6, 6.07) is 12.5. The van der Waals surface area contributed by atoms with Gasteiger partial charge in [0.05, 0.1) is 19.9 Å². The highest BCUT2D eigenvalue weighted by molar-refractivity contribution is 6.09. The van der Waals surface area contributed by atoms with Crippen LogP contribution in [0.2, 0.25) is 0 Å². The molecule has 1 N–H and O–H groups in total. The van der Waals surface area contributed by atoms with Crippen molar-refractivity contribution in [1.29, 1.82) is 0 Å². The molecule has 1 aromatic carbocycles.